The van der Waals surface area contributed by atoms with Crippen LogP contribution in [0, 0.1) is 0 Å². The Bertz CT molecular complexity index is 425. The normalized spacial score (nSPS) is 20.9. The molecule has 0 atom stereocenters. The summed E-state index contributed by atoms with van der Waals surface area (Å²) in [6.45, 7) is 3.31. The molecular weight excluding hydrogens is 234 g/mol. The number of hydrogen-bond acceptors (Lipinski definition) is 2. The molecule has 1 heterocycles. The first-order chi connectivity index (χ1) is 9.31. The lowest BCUT2D eigenvalue weighted by molar-refractivity contribution is 0.413. The third-order valence-electron chi connectivity index (χ3n) is 4.73. The summed E-state index contributed by atoms with van der Waals surface area (Å²) >= 11 is 0. The van der Waals surface area contributed by atoms with Gasteiger partial charge < -0.3 is 10.3 Å². The lowest BCUT2D eigenvalue weighted by Gasteiger charge is -2.22. The van der Waals surface area contributed by atoms with Crippen LogP contribution in [-0.4, -0.2) is 9.55 Å². The number of nitrogens with zero attached hydrogens (tertiary/aromatic N) is 2. The van der Waals surface area contributed by atoms with Crippen LogP contribution in [0.3, 0.4) is 0 Å². The van der Waals surface area contributed by atoms with Crippen LogP contribution in [-0.2, 0) is 6.54 Å². The minimum Gasteiger partial charge on any atom is -0.384 e. The summed E-state index contributed by atoms with van der Waals surface area (Å²) in [6, 6.07) is 0. The van der Waals surface area contributed by atoms with E-state index < -0.39 is 0 Å². The molecule has 2 aliphatic carbocycles. The SMILES string of the molecule is CCCCn1c(C2CCCCC2)nc(C2CC2)c1N. The van der Waals surface area contributed by atoms with Gasteiger partial charge in [0, 0.05) is 18.4 Å². The van der Waals surface area contributed by atoms with E-state index in [1.807, 2.05) is 0 Å². The Morgan fingerprint density at radius 2 is 1.84 bits per heavy atom. The average molecular weight is 261 g/mol. The maximum absolute atomic E-state index is 6.39. The Kier molecular flexibility index (Phi) is 3.81. The molecule has 19 heavy (non-hydrogen) atoms. The van der Waals surface area contributed by atoms with E-state index in [-0.39, 0.29) is 0 Å². The fourth-order valence-corrected chi connectivity index (χ4v) is 3.38. The highest BCUT2D eigenvalue weighted by molar-refractivity contribution is 5.43. The van der Waals surface area contributed by atoms with Crippen LogP contribution in [0.25, 0.3) is 0 Å². The fraction of sp³-hybridized carbons (Fsp3) is 0.812. The van der Waals surface area contributed by atoms with E-state index in [4.69, 9.17) is 10.7 Å². The largest absolute Gasteiger partial charge is 0.384 e. The number of nitrogens with two attached hydrogens (primary N) is 1. The van der Waals surface area contributed by atoms with E-state index in [1.165, 1.54) is 69.3 Å². The van der Waals surface area contributed by atoms with Crippen molar-refractivity contribution in [1.82, 2.24) is 9.55 Å². The maximum atomic E-state index is 6.39. The summed E-state index contributed by atoms with van der Waals surface area (Å²) in [5, 5.41) is 0. The number of imidazole rings is 1. The summed E-state index contributed by atoms with van der Waals surface area (Å²) in [5.41, 5.74) is 7.61. The zero-order chi connectivity index (χ0) is 13.2. The monoisotopic (exact) mass is 261 g/mol. The molecule has 0 spiro atoms. The van der Waals surface area contributed by atoms with Gasteiger partial charge in [-0.1, -0.05) is 32.6 Å². The molecule has 3 rings (SSSR count). The molecular formula is C16H27N3. The van der Waals surface area contributed by atoms with Gasteiger partial charge in [-0.3, -0.25) is 0 Å². The topological polar surface area (TPSA) is 43.8 Å². The molecule has 1 aromatic heterocycles. The van der Waals surface area contributed by atoms with Crippen molar-refractivity contribution in [2.24, 2.45) is 0 Å². The highest BCUT2D eigenvalue weighted by Gasteiger charge is 2.32. The minimum absolute atomic E-state index is 0.667. The molecule has 0 saturated heterocycles. The van der Waals surface area contributed by atoms with E-state index >= 15 is 0 Å². The smallest absolute Gasteiger partial charge is 0.127 e. The van der Waals surface area contributed by atoms with Gasteiger partial charge in [-0.2, -0.15) is 0 Å². The highest BCUT2D eigenvalue weighted by atomic mass is 15.1. The predicted molar refractivity (Wildman–Crippen MR) is 79.3 cm³/mol. The minimum atomic E-state index is 0.667. The molecule has 2 aliphatic rings. The average Bonchev–Trinajstić information content (AvgIpc) is 3.23. The molecule has 0 aliphatic heterocycles. The van der Waals surface area contributed by atoms with Crippen molar-refractivity contribution in [3.63, 3.8) is 0 Å². The zero-order valence-corrected chi connectivity index (χ0v) is 12.2. The predicted octanol–water partition coefficient (Wildman–Crippen LogP) is 4.19. The van der Waals surface area contributed by atoms with Crippen molar-refractivity contribution in [2.75, 3.05) is 5.73 Å². The van der Waals surface area contributed by atoms with Gasteiger partial charge in [0.25, 0.3) is 0 Å². The Labute approximate surface area is 116 Å². The summed E-state index contributed by atoms with van der Waals surface area (Å²) < 4.78 is 2.35. The second-order valence-corrected chi connectivity index (χ2v) is 6.35. The molecule has 0 bridgehead atoms. The molecule has 0 aromatic carbocycles. The van der Waals surface area contributed by atoms with E-state index in [2.05, 4.69) is 11.5 Å². The van der Waals surface area contributed by atoms with Gasteiger partial charge in [0.05, 0.1) is 5.69 Å². The summed E-state index contributed by atoms with van der Waals surface area (Å²) in [6.07, 6.45) is 11.8. The quantitative estimate of drug-likeness (QED) is 0.863. The molecule has 106 valence electrons. The zero-order valence-electron chi connectivity index (χ0n) is 12.2. The molecule has 0 unspecified atom stereocenters. The van der Waals surface area contributed by atoms with E-state index in [1.54, 1.807) is 0 Å². The molecule has 2 N–H and O–H groups in total. The van der Waals surface area contributed by atoms with Crippen LogP contribution in [0.15, 0.2) is 0 Å². The first kappa shape index (κ1) is 13.0. The number of hydrogen-bond donors (Lipinski definition) is 1. The van der Waals surface area contributed by atoms with Gasteiger partial charge in [-0.25, -0.2) is 4.98 Å². The summed E-state index contributed by atoms with van der Waals surface area (Å²) in [5.74, 6) is 3.63. The van der Waals surface area contributed by atoms with Gasteiger partial charge in [-0.15, -0.1) is 0 Å². The summed E-state index contributed by atoms with van der Waals surface area (Å²) in [4.78, 5) is 4.99. The van der Waals surface area contributed by atoms with Crippen LogP contribution in [0.4, 0.5) is 5.82 Å². The molecule has 1 aromatic rings. The molecule has 2 fully saturated rings. The molecule has 0 radical (unpaired) electrons. The van der Waals surface area contributed by atoms with Crippen LogP contribution in [0.2, 0.25) is 0 Å². The summed E-state index contributed by atoms with van der Waals surface area (Å²) in [7, 11) is 0. The number of nitrogen functional groups attached to an aromatic ring is 1. The third-order valence-corrected chi connectivity index (χ3v) is 4.73. The van der Waals surface area contributed by atoms with Crippen LogP contribution in [0.1, 0.15) is 88.1 Å². The van der Waals surface area contributed by atoms with Crippen molar-refractivity contribution < 1.29 is 0 Å². The van der Waals surface area contributed by atoms with Crippen LogP contribution >= 0.6 is 0 Å². The van der Waals surface area contributed by atoms with Crippen molar-refractivity contribution in [3.8, 4) is 0 Å². The van der Waals surface area contributed by atoms with Gasteiger partial charge >= 0.3 is 0 Å². The van der Waals surface area contributed by atoms with Crippen molar-refractivity contribution >= 4 is 5.82 Å². The molecule has 3 nitrogen and oxygen atoms in total. The second-order valence-electron chi connectivity index (χ2n) is 6.35. The Morgan fingerprint density at radius 3 is 2.47 bits per heavy atom. The lowest BCUT2D eigenvalue weighted by atomic mass is 9.88. The first-order valence-electron chi connectivity index (χ1n) is 8.17. The van der Waals surface area contributed by atoms with Gasteiger partial charge in [0.15, 0.2) is 0 Å². The second kappa shape index (κ2) is 5.56. The first-order valence-corrected chi connectivity index (χ1v) is 8.17. The standard InChI is InChI=1S/C16H27N3/c1-2-3-11-19-15(17)14(12-9-10-12)18-16(19)13-7-5-4-6-8-13/h12-13H,2-11,17H2,1H3. The number of anilines is 1. The Balaban J connectivity index is 1.88. The maximum Gasteiger partial charge on any atom is 0.127 e. The Morgan fingerprint density at radius 1 is 1.11 bits per heavy atom. The van der Waals surface area contributed by atoms with E-state index in [0.717, 1.165) is 12.4 Å². The highest BCUT2D eigenvalue weighted by Crippen LogP contribution is 2.44. The molecule has 2 saturated carbocycles. The van der Waals surface area contributed by atoms with Gasteiger partial charge in [0.2, 0.25) is 0 Å². The Hall–Kier alpha value is -0.990. The number of unbranched alkanes of at least 4 members (excludes halogenated alkanes) is 1. The van der Waals surface area contributed by atoms with Crippen molar-refractivity contribution in [2.45, 2.75) is 83.1 Å². The van der Waals surface area contributed by atoms with Gasteiger partial charge in [-0.05, 0) is 32.1 Å². The van der Waals surface area contributed by atoms with Gasteiger partial charge in [0.1, 0.15) is 11.6 Å². The lowest BCUT2D eigenvalue weighted by Crippen LogP contribution is -2.14. The van der Waals surface area contributed by atoms with Crippen LogP contribution < -0.4 is 5.73 Å². The van der Waals surface area contributed by atoms with E-state index in [9.17, 15) is 0 Å². The van der Waals surface area contributed by atoms with Crippen molar-refractivity contribution in [1.29, 1.82) is 0 Å². The van der Waals surface area contributed by atoms with Crippen LogP contribution in [0.5, 0.6) is 0 Å². The third kappa shape index (κ3) is 2.65. The molecule has 3 heteroatoms. The fourth-order valence-electron chi connectivity index (χ4n) is 3.38. The number of aromatic nitrogens is 2. The van der Waals surface area contributed by atoms with Crippen molar-refractivity contribution in [3.05, 3.63) is 11.5 Å². The van der Waals surface area contributed by atoms with E-state index in [0.29, 0.717) is 11.8 Å². The number of rotatable bonds is 5. The molecule has 0 amide bonds.